The second-order valence-electron chi connectivity index (χ2n) is 16.3. The van der Waals surface area contributed by atoms with Gasteiger partial charge in [-0.05, 0) is 75.1 Å². The average molecular weight is 885 g/mol. The molecule has 6 amide bonds. The number of nitrogens with one attached hydrogen (secondary N) is 5. The number of likely N-dealkylation sites (tertiary alicyclic amines) is 1. The molecule has 1 saturated heterocycles. The van der Waals surface area contributed by atoms with Gasteiger partial charge in [-0.2, -0.15) is 8.42 Å². The lowest BCUT2D eigenvalue weighted by Gasteiger charge is -2.31. The van der Waals surface area contributed by atoms with Gasteiger partial charge in [-0.15, -0.1) is 11.3 Å². The summed E-state index contributed by atoms with van der Waals surface area (Å²) in [7, 11) is -4.26. The topological polar surface area (TPSA) is 257 Å². The Labute approximate surface area is 359 Å². The van der Waals surface area contributed by atoms with Crippen LogP contribution in [0, 0.1) is 0 Å². The molecule has 0 radical (unpaired) electrons. The van der Waals surface area contributed by atoms with Crippen molar-refractivity contribution >= 4 is 73.0 Å². The summed E-state index contributed by atoms with van der Waals surface area (Å²) in [6.45, 7) is 8.49. The molecule has 7 N–H and O–H groups in total. The highest BCUT2D eigenvalue weighted by Crippen LogP contribution is 2.27. The first-order valence-electron chi connectivity index (χ1n) is 20.2. The highest BCUT2D eigenvalue weighted by atomic mass is 32.2. The Bertz CT molecular complexity index is 2150. The number of carbonyl (C=O) groups excluding carboxylic acids is 6. The van der Waals surface area contributed by atoms with Gasteiger partial charge in [-0.3, -0.25) is 38.1 Å². The number of benzene rings is 2. The lowest BCUT2D eigenvalue weighted by molar-refractivity contribution is -0.142. The number of fused-ring (bicyclic) bond motifs is 1. The van der Waals surface area contributed by atoms with Gasteiger partial charge in [0.1, 0.15) is 36.0 Å². The van der Waals surface area contributed by atoms with Crippen LogP contribution < -0.4 is 26.6 Å². The number of rotatable bonds is 20. The lowest BCUT2D eigenvalue weighted by Crippen LogP contribution is -2.59. The van der Waals surface area contributed by atoms with E-state index in [0.717, 1.165) is 15.0 Å². The molecule has 332 valence electrons. The molecule has 0 spiro atoms. The number of carbonyl (C=O) groups is 7. The van der Waals surface area contributed by atoms with E-state index in [4.69, 9.17) is 0 Å². The summed E-state index contributed by atoms with van der Waals surface area (Å²) in [5.74, 6) is -5.35. The zero-order valence-electron chi connectivity index (χ0n) is 35.0. The van der Waals surface area contributed by atoms with Gasteiger partial charge in [-0.25, -0.2) is 0 Å². The predicted octanol–water partition coefficient (Wildman–Crippen LogP) is 2.60. The molecule has 2 heterocycles. The maximum Gasteiger partial charge on any atom is 0.303 e. The van der Waals surface area contributed by atoms with Crippen LogP contribution in [0.15, 0.2) is 54.6 Å². The molecular formula is C42H56N6O11S2. The Hall–Kier alpha value is -5.40. The Kier molecular flexibility index (Phi) is 16.9. The third kappa shape index (κ3) is 15.2. The number of thiophene rings is 1. The first-order chi connectivity index (χ1) is 28.6. The zero-order valence-corrected chi connectivity index (χ0v) is 36.6. The van der Waals surface area contributed by atoms with E-state index in [1.165, 1.54) is 35.3 Å². The molecule has 17 nitrogen and oxygen atoms in total. The van der Waals surface area contributed by atoms with Crippen molar-refractivity contribution in [2.24, 2.45) is 0 Å². The fourth-order valence-electron chi connectivity index (χ4n) is 7.08. The van der Waals surface area contributed by atoms with E-state index in [1.807, 2.05) is 37.3 Å². The first kappa shape index (κ1) is 48.3. The third-order valence-electron chi connectivity index (χ3n) is 9.83. The quantitative estimate of drug-likeness (QED) is 0.0812. The lowest BCUT2D eigenvalue weighted by atomic mass is 10.0. The highest BCUT2D eigenvalue weighted by Gasteiger charge is 2.40. The molecule has 1 aliphatic rings. The third-order valence-corrected chi connectivity index (χ3v) is 11.7. The van der Waals surface area contributed by atoms with Crippen LogP contribution in [-0.2, 0) is 62.3 Å². The van der Waals surface area contributed by atoms with Gasteiger partial charge in [0.15, 0.2) is 0 Å². The second kappa shape index (κ2) is 21.4. The van der Waals surface area contributed by atoms with E-state index >= 15 is 0 Å². The smallest absolute Gasteiger partial charge is 0.303 e. The average Bonchev–Trinajstić information content (AvgIpc) is 3.82. The van der Waals surface area contributed by atoms with E-state index < -0.39 is 99.5 Å². The molecular weight excluding hydrogens is 829 g/mol. The predicted molar refractivity (Wildman–Crippen MR) is 229 cm³/mol. The van der Waals surface area contributed by atoms with Gasteiger partial charge < -0.3 is 36.6 Å². The van der Waals surface area contributed by atoms with Gasteiger partial charge in [0.05, 0.1) is 0 Å². The van der Waals surface area contributed by atoms with Crippen LogP contribution in [0.3, 0.4) is 0 Å². The van der Waals surface area contributed by atoms with E-state index in [1.54, 1.807) is 32.9 Å². The van der Waals surface area contributed by atoms with Gasteiger partial charge in [-0.1, -0.05) is 55.8 Å². The number of aliphatic carboxylic acids is 1. The number of carboxylic acids is 1. The molecule has 1 fully saturated rings. The number of hydrogen-bond donors (Lipinski definition) is 7. The maximum atomic E-state index is 14.2. The van der Waals surface area contributed by atoms with Crippen LogP contribution in [0.25, 0.3) is 10.1 Å². The van der Waals surface area contributed by atoms with E-state index in [2.05, 4.69) is 26.6 Å². The van der Waals surface area contributed by atoms with Crippen LogP contribution in [0.4, 0.5) is 0 Å². The molecule has 1 aliphatic heterocycles. The Morgan fingerprint density at radius 2 is 1.44 bits per heavy atom. The number of carboxylic acid groups (broad SMARTS) is 1. The van der Waals surface area contributed by atoms with E-state index in [9.17, 15) is 51.6 Å². The van der Waals surface area contributed by atoms with Crippen molar-refractivity contribution in [2.45, 2.75) is 127 Å². The van der Waals surface area contributed by atoms with Crippen molar-refractivity contribution in [3.8, 4) is 0 Å². The molecule has 2 aromatic carbocycles. The maximum absolute atomic E-state index is 14.2. The van der Waals surface area contributed by atoms with Crippen molar-refractivity contribution in [1.82, 2.24) is 31.5 Å². The summed E-state index contributed by atoms with van der Waals surface area (Å²) in [6, 6.07) is 9.94. The standard InChI is InChI=1S/C42H56N6O11S2/c1-6-10-31(45-37(52)32(43-25(2)49)21-26-14-16-27(17-15-26)24-61(57,58)59)41(56)48-20-9-12-34(48)40(55)46-33(23-29-22-28-11-7-8-13-35(28)60-29)38(53)44-30(18-19-36(50)51)39(54)47-42(3,4)5/h7-8,11,13-17,22,30-34H,6,9-10,12,18-21,23-24H2,1-5H3,(H,43,49)(H,44,53)(H,45,52)(H,46,55)(H,47,54)(H,50,51)(H,57,58,59)/t30-,31-,32-,33-,34-/m0/s1. The van der Waals surface area contributed by atoms with Crippen LogP contribution >= 0.6 is 11.3 Å². The van der Waals surface area contributed by atoms with Gasteiger partial charge in [0, 0.05) is 47.8 Å². The van der Waals surface area contributed by atoms with E-state index in [-0.39, 0.29) is 38.6 Å². The number of amides is 6. The summed E-state index contributed by atoms with van der Waals surface area (Å²) >= 11 is 1.43. The molecule has 0 aliphatic carbocycles. The molecule has 1 aromatic heterocycles. The van der Waals surface area contributed by atoms with Gasteiger partial charge in [0.2, 0.25) is 35.4 Å². The second-order valence-corrected chi connectivity index (χ2v) is 18.9. The highest BCUT2D eigenvalue weighted by molar-refractivity contribution is 7.85. The molecule has 61 heavy (non-hydrogen) atoms. The summed E-state index contributed by atoms with van der Waals surface area (Å²) in [5, 5.41) is 23.9. The minimum absolute atomic E-state index is 0.00235. The molecule has 0 unspecified atom stereocenters. The van der Waals surface area contributed by atoms with Crippen molar-refractivity contribution in [3.05, 3.63) is 70.6 Å². The largest absolute Gasteiger partial charge is 0.481 e. The first-order valence-corrected chi connectivity index (χ1v) is 22.6. The van der Waals surface area contributed by atoms with Crippen LogP contribution in [0.5, 0.6) is 0 Å². The Morgan fingerprint density at radius 1 is 0.820 bits per heavy atom. The van der Waals surface area contributed by atoms with Gasteiger partial charge in [0.25, 0.3) is 10.1 Å². The molecule has 5 atom stereocenters. The minimum Gasteiger partial charge on any atom is -0.481 e. The Morgan fingerprint density at radius 3 is 2.03 bits per heavy atom. The monoisotopic (exact) mass is 884 g/mol. The van der Waals surface area contributed by atoms with Crippen LogP contribution in [0.1, 0.15) is 89.1 Å². The molecule has 19 heteroatoms. The Balaban J connectivity index is 1.54. The normalized spacial score (nSPS) is 16.2. The van der Waals surface area contributed by atoms with Crippen LogP contribution in [-0.4, -0.2) is 107 Å². The fourth-order valence-corrected chi connectivity index (χ4v) is 8.80. The number of nitrogens with zero attached hydrogens (tertiary/aromatic N) is 1. The number of hydrogen-bond acceptors (Lipinski definition) is 10. The van der Waals surface area contributed by atoms with Crippen molar-refractivity contribution in [2.75, 3.05) is 6.54 Å². The fraction of sp³-hybridized carbons (Fsp3) is 0.500. The summed E-state index contributed by atoms with van der Waals surface area (Å²) in [4.78, 5) is 95.2. The van der Waals surface area contributed by atoms with Crippen molar-refractivity contribution in [1.29, 1.82) is 0 Å². The van der Waals surface area contributed by atoms with Crippen molar-refractivity contribution in [3.63, 3.8) is 0 Å². The van der Waals surface area contributed by atoms with E-state index in [0.29, 0.717) is 24.0 Å². The molecule has 0 bridgehead atoms. The molecule has 0 saturated carbocycles. The molecule has 3 aromatic rings. The summed E-state index contributed by atoms with van der Waals surface area (Å²) in [5.41, 5.74) is 0.203. The summed E-state index contributed by atoms with van der Waals surface area (Å²) < 4.78 is 32.7. The van der Waals surface area contributed by atoms with Gasteiger partial charge >= 0.3 is 5.97 Å². The SMILES string of the molecule is CCC[C@H](NC(=O)[C@H](Cc1ccc(CS(=O)(=O)O)cc1)NC(C)=O)C(=O)N1CCC[C@H]1C(=O)N[C@@H](Cc1cc2ccccc2s1)C(=O)N[C@@H](CCC(=O)O)C(=O)NC(C)(C)C. The summed E-state index contributed by atoms with van der Waals surface area (Å²) in [6.07, 6.45) is 0.832. The zero-order chi connectivity index (χ0) is 45.1. The minimum atomic E-state index is -4.26. The molecule has 4 rings (SSSR count). The van der Waals surface area contributed by atoms with Crippen molar-refractivity contribution < 1.29 is 51.6 Å². The van der Waals surface area contributed by atoms with Crippen LogP contribution in [0.2, 0.25) is 0 Å².